The molecule has 0 bridgehead atoms. The van der Waals surface area contributed by atoms with E-state index in [1.807, 2.05) is 13.0 Å². The molecule has 1 aromatic carbocycles. The van der Waals surface area contributed by atoms with Gasteiger partial charge in [-0.15, -0.1) is 0 Å². The Morgan fingerprint density at radius 3 is 2.71 bits per heavy atom. The summed E-state index contributed by atoms with van der Waals surface area (Å²) in [7, 11) is 1.68. The first-order valence-corrected chi connectivity index (χ1v) is 8.25. The fourth-order valence-electron chi connectivity index (χ4n) is 3.20. The molecule has 2 rings (SSSR count). The van der Waals surface area contributed by atoms with Crippen LogP contribution >= 0.6 is 0 Å². The maximum absolute atomic E-state index is 5.63. The zero-order valence-corrected chi connectivity index (χ0v) is 13.7. The standard InChI is InChI=1S/C18H29NO2/c1-4-21-18-11-15(9-10-17(18)20-3)12-19-13-16-8-6-5-7-14(16)2/h9-11,14,16,19H,4-8,12-13H2,1-3H3. The highest BCUT2D eigenvalue weighted by Gasteiger charge is 2.20. The molecule has 2 atom stereocenters. The fourth-order valence-corrected chi connectivity index (χ4v) is 3.20. The number of hydrogen-bond donors (Lipinski definition) is 1. The van der Waals surface area contributed by atoms with Crippen molar-refractivity contribution >= 4 is 0 Å². The van der Waals surface area contributed by atoms with E-state index in [9.17, 15) is 0 Å². The Morgan fingerprint density at radius 2 is 2.00 bits per heavy atom. The lowest BCUT2D eigenvalue weighted by Gasteiger charge is -2.29. The number of hydrogen-bond acceptors (Lipinski definition) is 3. The van der Waals surface area contributed by atoms with Crippen molar-refractivity contribution in [3.8, 4) is 11.5 Å². The highest BCUT2D eigenvalue weighted by molar-refractivity contribution is 5.42. The molecule has 2 unspecified atom stereocenters. The second-order valence-corrected chi connectivity index (χ2v) is 6.07. The molecule has 1 aliphatic carbocycles. The molecule has 3 heteroatoms. The maximum atomic E-state index is 5.63. The number of nitrogens with one attached hydrogen (secondary N) is 1. The van der Waals surface area contributed by atoms with E-state index in [2.05, 4.69) is 24.4 Å². The van der Waals surface area contributed by atoms with E-state index in [0.717, 1.165) is 36.4 Å². The van der Waals surface area contributed by atoms with Crippen LogP contribution in [0.3, 0.4) is 0 Å². The lowest BCUT2D eigenvalue weighted by Crippen LogP contribution is -2.29. The summed E-state index contributed by atoms with van der Waals surface area (Å²) in [5.41, 5.74) is 1.25. The van der Waals surface area contributed by atoms with Crippen LogP contribution in [-0.2, 0) is 6.54 Å². The molecular weight excluding hydrogens is 262 g/mol. The Morgan fingerprint density at radius 1 is 1.19 bits per heavy atom. The number of ether oxygens (including phenoxy) is 2. The molecule has 0 amide bonds. The van der Waals surface area contributed by atoms with E-state index in [1.165, 1.54) is 31.2 Å². The summed E-state index contributed by atoms with van der Waals surface area (Å²) in [5, 5.41) is 3.61. The van der Waals surface area contributed by atoms with Crippen molar-refractivity contribution in [2.75, 3.05) is 20.3 Å². The summed E-state index contributed by atoms with van der Waals surface area (Å²) in [5.74, 6) is 3.34. The van der Waals surface area contributed by atoms with E-state index in [1.54, 1.807) is 7.11 Å². The van der Waals surface area contributed by atoms with Gasteiger partial charge in [0.1, 0.15) is 0 Å². The van der Waals surface area contributed by atoms with Gasteiger partial charge in [-0.3, -0.25) is 0 Å². The zero-order valence-electron chi connectivity index (χ0n) is 13.7. The molecule has 0 aliphatic heterocycles. The second kappa shape index (κ2) is 8.28. The molecule has 1 aliphatic rings. The SMILES string of the molecule is CCOc1cc(CNCC2CCCCC2C)ccc1OC. The van der Waals surface area contributed by atoms with Crippen LogP contribution in [0.15, 0.2) is 18.2 Å². The van der Waals surface area contributed by atoms with E-state index in [0.29, 0.717) is 6.61 Å². The summed E-state index contributed by atoms with van der Waals surface area (Å²) in [4.78, 5) is 0. The lowest BCUT2D eigenvalue weighted by molar-refractivity contribution is 0.247. The molecule has 0 aromatic heterocycles. The van der Waals surface area contributed by atoms with Crippen molar-refractivity contribution in [3.63, 3.8) is 0 Å². The third-order valence-corrected chi connectivity index (χ3v) is 4.55. The smallest absolute Gasteiger partial charge is 0.161 e. The number of benzene rings is 1. The van der Waals surface area contributed by atoms with Crippen LogP contribution in [-0.4, -0.2) is 20.3 Å². The molecule has 1 fully saturated rings. The van der Waals surface area contributed by atoms with Gasteiger partial charge < -0.3 is 14.8 Å². The van der Waals surface area contributed by atoms with Gasteiger partial charge in [0.25, 0.3) is 0 Å². The Balaban J connectivity index is 1.86. The van der Waals surface area contributed by atoms with Gasteiger partial charge in [0.2, 0.25) is 0 Å². The molecule has 1 aromatic rings. The molecule has 0 saturated heterocycles. The Hall–Kier alpha value is -1.22. The first kappa shape index (κ1) is 16.2. The summed E-state index contributed by atoms with van der Waals surface area (Å²) in [6, 6.07) is 6.18. The summed E-state index contributed by atoms with van der Waals surface area (Å²) in [6.07, 6.45) is 5.58. The number of methoxy groups -OCH3 is 1. The quantitative estimate of drug-likeness (QED) is 0.823. The molecular formula is C18H29NO2. The van der Waals surface area contributed by atoms with Crippen LogP contribution in [0.2, 0.25) is 0 Å². The van der Waals surface area contributed by atoms with Crippen LogP contribution in [0.5, 0.6) is 11.5 Å². The molecule has 0 heterocycles. The van der Waals surface area contributed by atoms with Gasteiger partial charge in [-0.2, -0.15) is 0 Å². The average Bonchev–Trinajstić information content (AvgIpc) is 2.50. The minimum Gasteiger partial charge on any atom is -0.493 e. The summed E-state index contributed by atoms with van der Waals surface area (Å²) >= 11 is 0. The molecule has 3 nitrogen and oxygen atoms in total. The van der Waals surface area contributed by atoms with Gasteiger partial charge in [-0.25, -0.2) is 0 Å². The molecule has 118 valence electrons. The third-order valence-electron chi connectivity index (χ3n) is 4.55. The predicted octanol–water partition coefficient (Wildman–Crippen LogP) is 4.01. The Labute approximate surface area is 129 Å². The molecule has 1 N–H and O–H groups in total. The Kier molecular flexibility index (Phi) is 6.37. The lowest BCUT2D eigenvalue weighted by atomic mass is 9.80. The van der Waals surface area contributed by atoms with Crippen LogP contribution in [0.4, 0.5) is 0 Å². The molecule has 0 radical (unpaired) electrons. The van der Waals surface area contributed by atoms with Gasteiger partial charge >= 0.3 is 0 Å². The zero-order chi connectivity index (χ0) is 15.1. The topological polar surface area (TPSA) is 30.5 Å². The van der Waals surface area contributed by atoms with Crippen molar-refractivity contribution in [2.45, 2.75) is 46.1 Å². The highest BCUT2D eigenvalue weighted by atomic mass is 16.5. The predicted molar refractivity (Wildman–Crippen MR) is 87.0 cm³/mol. The minimum absolute atomic E-state index is 0.660. The summed E-state index contributed by atoms with van der Waals surface area (Å²) < 4.78 is 11.0. The Bertz CT molecular complexity index is 433. The molecule has 21 heavy (non-hydrogen) atoms. The fraction of sp³-hybridized carbons (Fsp3) is 0.667. The summed E-state index contributed by atoms with van der Waals surface area (Å²) in [6.45, 7) is 7.07. The van der Waals surface area contributed by atoms with Crippen LogP contribution in [0.25, 0.3) is 0 Å². The van der Waals surface area contributed by atoms with Gasteiger partial charge in [-0.1, -0.05) is 32.3 Å². The van der Waals surface area contributed by atoms with Crippen LogP contribution in [0, 0.1) is 11.8 Å². The van der Waals surface area contributed by atoms with Gasteiger partial charge in [0.15, 0.2) is 11.5 Å². The van der Waals surface area contributed by atoms with E-state index in [-0.39, 0.29) is 0 Å². The third kappa shape index (κ3) is 4.63. The van der Waals surface area contributed by atoms with E-state index < -0.39 is 0 Å². The van der Waals surface area contributed by atoms with Gasteiger partial charge in [0, 0.05) is 6.54 Å². The molecule has 0 spiro atoms. The first-order valence-electron chi connectivity index (χ1n) is 8.25. The second-order valence-electron chi connectivity index (χ2n) is 6.07. The highest BCUT2D eigenvalue weighted by Crippen LogP contribution is 2.30. The maximum Gasteiger partial charge on any atom is 0.161 e. The first-order chi connectivity index (χ1) is 10.2. The molecule has 1 saturated carbocycles. The largest absolute Gasteiger partial charge is 0.493 e. The van der Waals surface area contributed by atoms with Gasteiger partial charge in [-0.05, 0) is 49.4 Å². The number of rotatable bonds is 7. The average molecular weight is 291 g/mol. The van der Waals surface area contributed by atoms with Crippen molar-refractivity contribution in [3.05, 3.63) is 23.8 Å². The van der Waals surface area contributed by atoms with Crippen molar-refractivity contribution in [1.29, 1.82) is 0 Å². The monoisotopic (exact) mass is 291 g/mol. The minimum atomic E-state index is 0.660. The van der Waals surface area contributed by atoms with E-state index in [4.69, 9.17) is 9.47 Å². The van der Waals surface area contributed by atoms with Crippen molar-refractivity contribution in [2.24, 2.45) is 11.8 Å². The van der Waals surface area contributed by atoms with Crippen LogP contribution in [0.1, 0.15) is 45.1 Å². The normalized spacial score (nSPS) is 22.0. The van der Waals surface area contributed by atoms with Gasteiger partial charge in [0.05, 0.1) is 13.7 Å². The van der Waals surface area contributed by atoms with E-state index >= 15 is 0 Å². The van der Waals surface area contributed by atoms with Crippen molar-refractivity contribution < 1.29 is 9.47 Å². The van der Waals surface area contributed by atoms with Crippen molar-refractivity contribution in [1.82, 2.24) is 5.32 Å². The van der Waals surface area contributed by atoms with Crippen LogP contribution < -0.4 is 14.8 Å².